The van der Waals surface area contributed by atoms with Crippen molar-refractivity contribution in [1.29, 1.82) is 0 Å². The Kier molecular flexibility index (Phi) is 5.61. The molecule has 1 unspecified atom stereocenters. The van der Waals surface area contributed by atoms with Gasteiger partial charge >= 0.3 is 11.9 Å². The van der Waals surface area contributed by atoms with Gasteiger partial charge in [-0.1, -0.05) is 12.2 Å². The zero-order valence-electron chi connectivity index (χ0n) is 9.35. The number of carbonyl (C=O) groups excluding carboxylic acids is 1. The van der Waals surface area contributed by atoms with Crippen molar-refractivity contribution < 1.29 is 19.4 Å². The molecule has 0 heterocycles. The first-order chi connectivity index (χ1) is 7.68. The van der Waals surface area contributed by atoms with Crippen LogP contribution in [0.4, 0.5) is 0 Å². The van der Waals surface area contributed by atoms with Gasteiger partial charge in [-0.05, 0) is 32.1 Å². The van der Waals surface area contributed by atoms with E-state index in [1.54, 1.807) is 0 Å². The maximum atomic E-state index is 11.3. The summed E-state index contributed by atoms with van der Waals surface area (Å²) in [7, 11) is 0. The van der Waals surface area contributed by atoms with E-state index in [1.165, 1.54) is 0 Å². The Morgan fingerprint density at radius 2 is 1.94 bits per heavy atom. The molecule has 90 valence electrons. The zero-order chi connectivity index (χ0) is 11.8. The summed E-state index contributed by atoms with van der Waals surface area (Å²) in [6, 6.07) is 0. The summed E-state index contributed by atoms with van der Waals surface area (Å²) in [4.78, 5) is 21.6. The number of carboxylic acids is 1. The fraction of sp³-hybridized carbons (Fsp3) is 0.667. The zero-order valence-corrected chi connectivity index (χ0v) is 9.35. The lowest BCUT2D eigenvalue weighted by Crippen LogP contribution is -2.19. The van der Waals surface area contributed by atoms with Crippen LogP contribution in [-0.4, -0.2) is 23.1 Å². The lowest BCUT2D eigenvalue weighted by molar-refractivity contribution is -0.152. The van der Waals surface area contributed by atoms with Gasteiger partial charge in [0.25, 0.3) is 0 Å². The predicted octanol–water partition coefficient (Wildman–Crippen LogP) is 2.28. The highest BCUT2D eigenvalue weighted by molar-refractivity contribution is 5.76. The smallest absolute Gasteiger partial charge is 0.306 e. The fourth-order valence-electron chi connectivity index (χ4n) is 1.70. The number of allylic oxidation sites excluding steroid dienone is 2. The summed E-state index contributed by atoms with van der Waals surface area (Å²) in [5, 5.41) is 8.43. The molecule has 1 atom stereocenters. The molecule has 1 aliphatic carbocycles. The molecular weight excluding hydrogens is 208 g/mol. The van der Waals surface area contributed by atoms with Gasteiger partial charge in [0, 0.05) is 0 Å². The van der Waals surface area contributed by atoms with Crippen molar-refractivity contribution in [1.82, 2.24) is 0 Å². The van der Waals surface area contributed by atoms with E-state index in [4.69, 9.17) is 9.84 Å². The van der Waals surface area contributed by atoms with E-state index in [-0.39, 0.29) is 18.9 Å². The summed E-state index contributed by atoms with van der Waals surface area (Å²) in [5.74, 6) is -1.35. The first-order valence-corrected chi connectivity index (χ1v) is 5.75. The number of hydrogen-bond donors (Lipinski definition) is 1. The summed E-state index contributed by atoms with van der Waals surface area (Å²) >= 11 is 0. The average Bonchev–Trinajstić information content (AvgIpc) is 2.19. The molecule has 16 heavy (non-hydrogen) atoms. The molecule has 0 spiro atoms. The normalized spacial score (nSPS) is 20.9. The first-order valence-electron chi connectivity index (χ1n) is 5.75. The number of ether oxygens (including phenoxy) is 1. The summed E-state index contributed by atoms with van der Waals surface area (Å²) in [6.45, 7) is 0. The molecule has 0 saturated heterocycles. The van der Waals surface area contributed by atoms with Crippen LogP contribution in [0, 0.1) is 0 Å². The lowest BCUT2D eigenvalue weighted by Gasteiger charge is -2.18. The molecular formula is C12H18O4. The van der Waals surface area contributed by atoms with Gasteiger partial charge in [-0.15, -0.1) is 0 Å². The van der Waals surface area contributed by atoms with Gasteiger partial charge in [0.1, 0.15) is 6.10 Å². The highest BCUT2D eigenvalue weighted by atomic mass is 16.5. The van der Waals surface area contributed by atoms with Crippen molar-refractivity contribution in [3.05, 3.63) is 12.2 Å². The molecule has 4 heteroatoms. The number of esters is 1. The van der Waals surface area contributed by atoms with Gasteiger partial charge < -0.3 is 9.84 Å². The molecule has 0 aromatic heterocycles. The van der Waals surface area contributed by atoms with Gasteiger partial charge in [0.05, 0.1) is 12.8 Å². The van der Waals surface area contributed by atoms with E-state index in [0.29, 0.717) is 0 Å². The van der Waals surface area contributed by atoms with Crippen molar-refractivity contribution in [2.75, 3.05) is 0 Å². The van der Waals surface area contributed by atoms with Gasteiger partial charge in [0.2, 0.25) is 0 Å². The largest absolute Gasteiger partial charge is 0.481 e. The number of rotatable bonds is 4. The standard InChI is InChI=1S/C12H18O4/c13-11(14)8-9-12(15)16-10-6-4-2-1-3-5-7-10/h1-2,10H,3-9H2,(H,13,14). The average molecular weight is 226 g/mol. The van der Waals surface area contributed by atoms with Crippen LogP contribution in [0.1, 0.15) is 44.9 Å². The van der Waals surface area contributed by atoms with Crippen LogP contribution in [0.15, 0.2) is 12.2 Å². The Morgan fingerprint density at radius 3 is 2.69 bits per heavy atom. The molecule has 0 fully saturated rings. The minimum atomic E-state index is -0.961. The van der Waals surface area contributed by atoms with E-state index in [0.717, 1.165) is 32.1 Å². The Balaban J connectivity index is 2.26. The van der Waals surface area contributed by atoms with E-state index in [1.807, 2.05) is 0 Å². The van der Waals surface area contributed by atoms with Crippen molar-refractivity contribution in [2.24, 2.45) is 0 Å². The summed E-state index contributed by atoms with van der Waals surface area (Å²) < 4.78 is 5.24. The van der Waals surface area contributed by atoms with Gasteiger partial charge in [0.15, 0.2) is 0 Å². The lowest BCUT2D eigenvalue weighted by atomic mass is 10.0. The quantitative estimate of drug-likeness (QED) is 0.590. The van der Waals surface area contributed by atoms with Gasteiger partial charge in [-0.2, -0.15) is 0 Å². The Morgan fingerprint density at radius 1 is 1.19 bits per heavy atom. The number of hydrogen-bond acceptors (Lipinski definition) is 3. The van der Waals surface area contributed by atoms with E-state index < -0.39 is 11.9 Å². The SMILES string of the molecule is O=C(O)CCC(=O)OC1CCC=CCCC1. The van der Waals surface area contributed by atoms with Gasteiger partial charge in [-0.25, -0.2) is 0 Å². The van der Waals surface area contributed by atoms with Crippen LogP contribution in [0.3, 0.4) is 0 Å². The molecule has 0 amide bonds. The first kappa shape index (κ1) is 12.7. The molecule has 0 aromatic carbocycles. The van der Waals surface area contributed by atoms with Crippen LogP contribution in [-0.2, 0) is 14.3 Å². The summed E-state index contributed by atoms with van der Waals surface area (Å²) in [6.07, 6.45) is 8.75. The third kappa shape index (κ3) is 5.53. The van der Waals surface area contributed by atoms with Crippen LogP contribution in [0.25, 0.3) is 0 Å². The maximum absolute atomic E-state index is 11.3. The van der Waals surface area contributed by atoms with E-state index >= 15 is 0 Å². The molecule has 0 radical (unpaired) electrons. The number of aliphatic carboxylic acids is 1. The van der Waals surface area contributed by atoms with Crippen LogP contribution in [0.2, 0.25) is 0 Å². The van der Waals surface area contributed by atoms with Crippen LogP contribution < -0.4 is 0 Å². The molecule has 0 aliphatic heterocycles. The van der Waals surface area contributed by atoms with Crippen molar-refractivity contribution >= 4 is 11.9 Å². The minimum absolute atomic E-state index is 0.0261. The molecule has 4 nitrogen and oxygen atoms in total. The number of carbonyl (C=O) groups is 2. The number of carboxylic acid groups (broad SMARTS) is 1. The van der Waals surface area contributed by atoms with Crippen LogP contribution >= 0.6 is 0 Å². The second kappa shape index (κ2) is 7.04. The third-order valence-corrected chi connectivity index (χ3v) is 2.56. The predicted molar refractivity (Wildman–Crippen MR) is 59.0 cm³/mol. The molecule has 1 rings (SSSR count). The molecule has 1 aliphatic rings. The highest BCUT2D eigenvalue weighted by Gasteiger charge is 2.15. The Bertz CT molecular complexity index is 270. The molecule has 0 saturated carbocycles. The van der Waals surface area contributed by atoms with Crippen molar-refractivity contribution in [3.8, 4) is 0 Å². The summed E-state index contributed by atoms with van der Waals surface area (Å²) in [5.41, 5.74) is 0. The van der Waals surface area contributed by atoms with E-state index in [2.05, 4.69) is 12.2 Å². The Labute approximate surface area is 95.3 Å². The molecule has 0 bridgehead atoms. The molecule has 1 N–H and O–H groups in total. The van der Waals surface area contributed by atoms with Crippen LogP contribution in [0.5, 0.6) is 0 Å². The second-order valence-corrected chi connectivity index (χ2v) is 3.99. The topological polar surface area (TPSA) is 63.6 Å². The fourth-order valence-corrected chi connectivity index (χ4v) is 1.70. The maximum Gasteiger partial charge on any atom is 0.306 e. The monoisotopic (exact) mass is 226 g/mol. The van der Waals surface area contributed by atoms with Gasteiger partial charge in [-0.3, -0.25) is 9.59 Å². The highest BCUT2D eigenvalue weighted by Crippen LogP contribution is 2.16. The minimum Gasteiger partial charge on any atom is -0.481 e. The molecule has 0 aromatic rings. The second-order valence-electron chi connectivity index (χ2n) is 3.99. The Hall–Kier alpha value is -1.32. The van der Waals surface area contributed by atoms with E-state index in [9.17, 15) is 9.59 Å². The third-order valence-electron chi connectivity index (χ3n) is 2.56. The van der Waals surface area contributed by atoms with Crippen molar-refractivity contribution in [2.45, 2.75) is 51.0 Å². The van der Waals surface area contributed by atoms with Crippen molar-refractivity contribution in [3.63, 3.8) is 0 Å².